The van der Waals surface area contributed by atoms with Gasteiger partial charge in [0.25, 0.3) is 0 Å². The molecule has 1 saturated carbocycles. The van der Waals surface area contributed by atoms with Crippen LogP contribution in [0.4, 0.5) is 0 Å². The predicted molar refractivity (Wildman–Crippen MR) is 45.1 cm³/mol. The van der Waals surface area contributed by atoms with Crippen LogP contribution in [-0.4, -0.2) is 24.2 Å². The average molecular weight is 299 g/mol. The fourth-order valence-electron chi connectivity index (χ4n) is 1.86. The Labute approximate surface area is 103 Å². The van der Waals surface area contributed by atoms with Crippen molar-refractivity contribution in [3.63, 3.8) is 0 Å². The number of esters is 1. The van der Waals surface area contributed by atoms with Crippen molar-refractivity contribution in [1.29, 1.82) is 0 Å². The standard InChI is InChI=1S/C9H14O4.Cd/c1-13-9(12)7-5-3-2-4-6(7)8(10)11;/h6-7H,2-5H2,1H3,(H,10,11);. The Hall–Kier alpha value is -0.138. The van der Waals surface area contributed by atoms with Crippen molar-refractivity contribution in [3.8, 4) is 0 Å². The van der Waals surface area contributed by atoms with Gasteiger partial charge in [-0.15, -0.1) is 0 Å². The Balaban J connectivity index is 0.00000169. The van der Waals surface area contributed by atoms with Crippen molar-refractivity contribution in [2.24, 2.45) is 11.8 Å². The van der Waals surface area contributed by atoms with E-state index in [-0.39, 0.29) is 33.3 Å². The van der Waals surface area contributed by atoms with Crippen LogP contribution in [0.2, 0.25) is 0 Å². The maximum Gasteiger partial charge on any atom is 0.309 e. The van der Waals surface area contributed by atoms with Crippen molar-refractivity contribution in [3.05, 3.63) is 0 Å². The molecule has 1 aliphatic carbocycles. The molecule has 2 unspecified atom stereocenters. The first-order valence-electron chi connectivity index (χ1n) is 4.47. The van der Waals surface area contributed by atoms with Gasteiger partial charge in [0.05, 0.1) is 18.9 Å². The molecule has 4 nitrogen and oxygen atoms in total. The summed E-state index contributed by atoms with van der Waals surface area (Å²) in [6.07, 6.45) is 3.05. The molecule has 1 N–H and O–H groups in total. The molecule has 1 aliphatic rings. The fraction of sp³-hybridized carbons (Fsp3) is 0.778. The molecular formula is C9H14CdO4. The van der Waals surface area contributed by atoms with E-state index in [1.165, 1.54) is 7.11 Å². The minimum absolute atomic E-state index is 0. The molecule has 14 heavy (non-hydrogen) atoms. The predicted octanol–water partition coefficient (Wildman–Crippen LogP) is 1.05. The van der Waals surface area contributed by atoms with Crippen molar-refractivity contribution >= 4 is 11.9 Å². The molecule has 0 aliphatic heterocycles. The summed E-state index contributed by atoms with van der Waals surface area (Å²) in [7, 11) is 1.30. The number of ether oxygens (including phenoxy) is 1. The Morgan fingerprint density at radius 2 is 1.71 bits per heavy atom. The van der Waals surface area contributed by atoms with Crippen LogP contribution in [0.15, 0.2) is 0 Å². The van der Waals surface area contributed by atoms with Crippen molar-refractivity contribution < 1.29 is 46.7 Å². The topological polar surface area (TPSA) is 63.6 Å². The summed E-state index contributed by atoms with van der Waals surface area (Å²) in [6, 6.07) is 0. The molecular weight excluding hydrogens is 285 g/mol. The van der Waals surface area contributed by atoms with E-state index >= 15 is 0 Å². The first-order chi connectivity index (χ1) is 6.16. The first kappa shape index (κ1) is 13.9. The zero-order valence-corrected chi connectivity index (χ0v) is 12.4. The number of aliphatic carboxylic acids is 1. The number of hydrogen-bond acceptors (Lipinski definition) is 3. The number of hydrogen-bond donors (Lipinski definition) is 1. The van der Waals surface area contributed by atoms with Crippen molar-refractivity contribution in [2.75, 3.05) is 7.11 Å². The van der Waals surface area contributed by atoms with Gasteiger partial charge in [-0.25, -0.2) is 0 Å². The van der Waals surface area contributed by atoms with E-state index in [9.17, 15) is 9.59 Å². The van der Waals surface area contributed by atoms with Crippen LogP contribution in [0.3, 0.4) is 0 Å². The van der Waals surface area contributed by atoms with Crippen LogP contribution in [0.1, 0.15) is 25.7 Å². The van der Waals surface area contributed by atoms with Gasteiger partial charge in [-0.2, -0.15) is 0 Å². The smallest absolute Gasteiger partial charge is 0.309 e. The molecule has 76 valence electrons. The molecule has 1 fully saturated rings. The van der Waals surface area contributed by atoms with Gasteiger partial charge in [0.1, 0.15) is 0 Å². The molecule has 0 saturated heterocycles. The second kappa shape index (κ2) is 6.37. The molecule has 0 aromatic carbocycles. The summed E-state index contributed by atoms with van der Waals surface area (Å²) < 4.78 is 4.57. The van der Waals surface area contributed by atoms with E-state index in [4.69, 9.17) is 5.11 Å². The van der Waals surface area contributed by atoms with Gasteiger partial charge in [0, 0.05) is 27.3 Å². The third-order valence-electron chi connectivity index (χ3n) is 2.59. The van der Waals surface area contributed by atoms with E-state index in [1.807, 2.05) is 0 Å². The molecule has 0 spiro atoms. The van der Waals surface area contributed by atoms with Crippen LogP contribution in [0.5, 0.6) is 0 Å². The normalized spacial score (nSPS) is 26.1. The van der Waals surface area contributed by atoms with E-state index in [2.05, 4.69) is 4.74 Å². The maximum absolute atomic E-state index is 11.2. The molecule has 0 aromatic heterocycles. The van der Waals surface area contributed by atoms with Crippen LogP contribution in [-0.2, 0) is 41.6 Å². The van der Waals surface area contributed by atoms with Gasteiger partial charge < -0.3 is 9.84 Å². The maximum atomic E-state index is 11.2. The van der Waals surface area contributed by atoms with E-state index in [0.29, 0.717) is 12.8 Å². The van der Waals surface area contributed by atoms with E-state index < -0.39 is 17.8 Å². The van der Waals surface area contributed by atoms with Crippen molar-refractivity contribution in [2.45, 2.75) is 25.7 Å². The zero-order valence-electron chi connectivity index (χ0n) is 8.36. The minimum atomic E-state index is -0.880. The number of carboxylic acid groups (broad SMARTS) is 1. The number of carbonyl (C=O) groups is 2. The number of rotatable bonds is 2. The van der Waals surface area contributed by atoms with Gasteiger partial charge >= 0.3 is 11.9 Å². The Morgan fingerprint density at radius 1 is 1.21 bits per heavy atom. The fourth-order valence-corrected chi connectivity index (χ4v) is 1.86. The molecule has 0 bridgehead atoms. The Kier molecular flexibility index (Phi) is 6.30. The van der Waals surface area contributed by atoms with Crippen molar-refractivity contribution in [1.82, 2.24) is 0 Å². The van der Waals surface area contributed by atoms with Crippen LogP contribution in [0.25, 0.3) is 0 Å². The number of carbonyl (C=O) groups excluding carboxylic acids is 1. The van der Waals surface area contributed by atoms with Crippen LogP contribution in [0, 0.1) is 11.8 Å². The summed E-state index contributed by atoms with van der Waals surface area (Å²) in [5.74, 6) is -2.24. The molecule has 0 aromatic rings. The Morgan fingerprint density at radius 3 is 2.14 bits per heavy atom. The van der Waals surface area contributed by atoms with E-state index in [1.54, 1.807) is 0 Å². The van der Waals surface area contributed by atoms with Gasteiger partial charge in [-0.1, -0.05) is 12.8 Å². The SMILES string of the molecule is COC(=O)C1CCCCC1C(=O)O.[Cd]. The average Bonchev–Trinajstić information content (AvgIpc) is 2.16. The largest absolute Gasteiger partial charge is 0.481 e. The summed E-state index contributed by atoms with van der Waals surface area (Å²) in [5, 5.41) is 8.85. The third-order valence-corrected chi connectivity index (χ3v) is 2.59. The summed E-state index contributed by atoms with van der Waals surface area (Å²) in [4.78, 5) is 22.0. The molecule has 0 radical (unpaired) electrons. The van der Waals surface area contributed by atoms with Gasteiger partial charge in [0.15, 0.2) is 0 Å². The molecule has 2 atom stereocenters. The quantitative estimate of drug-likeness (QED) is 0.611. The first-order valence-corrected chi connectivity index (χ1v) is 4.47. The second-order valence-electron chi connectivity index (χ2n) is 3.36. The summed E-state index contributed by atoms with van der Waals surface area (Å²) in [6.45, 7) is 0. The Bertz CT molecular complexity index is 217. The van der Waals surface area contributed by atoms with Gasteiger partial charge in [-0.3, -0.25) is 9.59 Å². The van der Waals surface area contributed by atoms with E-state index in [0.717, 1.165) is 12.8 Å². The summed E-state index contributed by atoms with van der Waals surface area (Å²) >= 11 is 0. The zero-order chi connectivity index (χ0) is 9.84. The monoisotopic (exact) mass is 300 g/mol. The number of methoxy groups -OCH3 is 1. The minimum Gasteiger partial charge on any atom is -0.481 e. The van der Waals surface area contributed by atoms with Crippen LogP contribution < -0.4 is 0 Å². The molecule has 5 heteroatoms. The summed E-state index contributed by atoms with van der Waals surface area (Å²) in [5.41, 5.74) is 0. The third kappa shape index (κ3) is 3.22. The molecule has 1 rings (SSSR count). The molecule has 0 heterocycles. The second-order valence-corrected chi connectivity index (χ2v) is 3.36. The van der Waals surface area contributed by atoms with Gasteiger partial charge in [-0.05, 0) is 12.8 Å². The molecule has 0 amide bonds. The van der Waals surface area contributed by atoms with Gasteiger partial charge in [0.2, 0.25) is 0 Å². The van der Waals surface area contributed by atoms with Crippen LogP contribution >= 0.6 is 0 Å². The number of carboxylic acids is 1.